The minimum absolute atomic E-state index is 0. The van der Waals surface area contributed by atoms with Crippen molar-refractivity contribution in [2.24, 2.45) is 11.7 Å². The van der Waals surface area contributed by atoms with Crippen molar-refractivity contribution >= 4 is 29.7 Å². The lowest BCUT2D eigenvalue weighted by molar-refractivity contribution is -0.123. The molecule has 1 amide bonds. The molecule has 0 aliphatic heterocycles. The molecule has 1 aromatic rings. The van der Waals surface area contributed by atoms with Crippen LogP contribution in [0.5, 0.6) is 0 Å². The summed E-state index contributed by atoms with van der Waals surface area (Å²) < 4.78 is 0. The molecule has 17 heavy (non-hydrogen) atoms. The number of hydrogen-bond donors (Lipinski definition) is 2. The molecule has 0 fully saturated rings. The van der Waals surface area contributed by atoms with Crippen LogP contribution in [0, 0.1) is 5.92 Å². The lowest BCUT2D eigenvalue weighted by Crippen LogP contribution is -2.42. The van der Waals surface area contributed by atoms with Crippen LogP contribution >= 0.6 is 23.7 Å². The van der Waals surface area contributed by atoms with Crippen molar-refractivity contribution in [1.82, 2.24) is 5.32 Å². The molecule has 0 saturated heterocycles. The highest BCUT2D eigenvalue weighted by atomic mass is 35.5. The molecular formula is C12H21ClN2OS. The number of halogens is 1. The van der Waals surface area contributed by atoms with E-state index in [0.717, 1.165) is 11.3 Å². The second kappa shape index (κ2) is 7.69. The Morgan fingerprint density at radius 2 is 2.12 bits per heavy atom. The molecule has 5 heteroatoms. The SMILES string of the molecule is CC(C)C[C@H](N)C(=O)NC(C)c1cccs1.Cl. The molecule has 0 aromatic carbocycles. The molecule has 1 unspecified atom stereocenters. The summed E-state index contributed by atoms with van der Waals surface area (Å²) in [4.78, 5) is 12.9. The third-order valence-corrected chi connectivity index (χ3v) is 3.45. The molecule has 3 nitrogen and oxygen atoms in total. The normalized spacial score (nSPS) is 13.9. The van der Waals surface area contributed by atoms with Gasteiger partial charge in [-0.05, 0) is 30.7 Å². The standard InChI is InChI=1S/C12H20N2OS.ClH/c1-8(2)7-10(13)12(15)14-9(3)11-5-4-6-16-11;/h4-6,8-10H,7,13H2,1-3H3,(H,14,15);1H/t9?,10-;/m0./s1. The molecule has 98 valence electrons. The predicted molar refractivity (Wildman–Crippen MR) is 75.6 cm³/mol. The Labute approximate surface area is 113 Å². The monoisotopic (exact) mass is 276 g/mol. The number of nitrogens with one attached hydrogen (secondary N) is 1. The first-order valence-corrected chi connectivity index (χ1v) is 6.48. The van der Waals surface area contributed by atoms with E-state index in [1.165, 1.54) is 0 Å². The molecule has 0 saturated carbocycles. The summed E-state index contributed by atoms with van der Waals surface area (Å²) in [5, 5.41) is 4.94. The van der Waals surface area contributed by atoms with Crippen LogP contribution in [-0.2, 0) is 4.79 Å². The highest BCUT2D eigenvalue weighted by Crippen LogP contribution is 2.18. The largest absolute Gasteiger partial charge is 0.347 e. The fourth-order valence-corrected chi connectivity index (χ4v) is 2.28. The zero-order valence-electron chi connectivity index (χ0n) is 10.5. The number of hydrogen-bond acceptors (Lipinski definition) is 3. The summed E-state index contributed by atoms with van der Waals surface area (Å²) in [5.74, 6) is 0.382. The van der Waals surface area contributed by atoms with E-state index >= 15 is 0 Å². The van der Waals surface area contributed by atoms with Gasteiger partial charge in [-0.2, -0.15) is 0 Å². The number of nitrogens with two attached hydrogens (primary N) is 1. The summed E-state index contributed by atoms with van der Waals surface area (Å²) in [6.45, 7) is 6.11. The van der Waals surface area contributed by atoms with Gasteiger partial charge in [-0.25, -0.2) is 0 Å². The quantitative estimate of drug-likeness (QED) is 0.869. The van der Waals surface area contributed by atoms with Gasteiger partial charge in [-0.1, -0.05) is 19.9 Å². The van der Waals surface area contributed by atoms with Gasteiger partial charge in [0.2, 0.25) is 5.91 Å². The second-order valence-corrected chi connectivity index (χ2v) is 5.46. The lowest BCUT2D eigenvalue weighted by Gasteiger charge is -2.17. The van der Waals surface area contributed by atoms with Gasteiger partial charge in [0.1, 0.15) is 0 Å². The van der Waals surface area contributed by atoms with Crippen molar-refractivity contribution in [2.45, 2.75) is 39.3 Å². The molecular weight excluding hydrogens is 256 g/mol. The molecule has 0 radical (unpaired) electrons. The van der Waals surface area contributed by atoms with E-state index in [1.807, 2.05) is 24.4 Å². The maximum Gasteiger partial charge on any atom is 0.237 e. The first kappa shape index (κ1) is 16.4. The van der Waals surface area contributed by atoms with Crippen LogP contribution in [0.4, 0.5) is 0 Å². The Hall–Kier alpha value is -0.580. The molecule has 1 aromatic heterocycles. The van der Waals surface area contributed by atoms with Gasteiger partial charge < -0.3 is 11.1 Å². The fraction of sp³-hybridized carbons (Fsp3) is 0.583. The van der Waals surface area contributed by atoms with Crippen LogP contribution in [0.15, 0.2) is 17.5 Å². The van der Waals surface area contributed by atoms with Gasteiger partial charge in [0.05, 0.1) is 12.1 Å². The topological polar surface area (TPSA) is 55.1 Å². The maximum absolute atomic E-state index is 11.8. The summed E-state index contributed by atoms with van der Waals surface area (Å²) >= 11 is 1.64. The minimum atomic E-state index is -0.401. The van der Waals surface area contributed by atoms with Crippen molar-refractivity contribution in [3.05, 3.63) is 22.4 Å². The van der Waals surface area contributed by atoms with E-state index in [1.54, 1.807) is 11.3 Å². The van der Waals surface area contributed by atoms with Gasteiger partial charge in [0.25, 0.3) is 0 Å². The minimum Gasteiger partial charge on any atom is -0.347 e. The lowest BCUT2D eigenvalue weighted by atomic mass is 10.0. The van der Waals surface area contributed by atoms with E-state index < -0.39 is 6.04 Å². The predicted octanol–water partition coefficient (Wildman–Crippen LogP) is 2.72. The number of rotatable bonds is 5. The van der Waals surface area contributed by atoms with E-state index in [9.17, 15) is 4.79 Å². The van der Waals surface area contributed by atoms with Crippen molar-refractivity contribution in [3.63, 3.8) is 0 Å². The van der Waals surface area contributed by atoms with Gasteiger partial charge >= 0.3 is 0 Å². The number of carbonyl (C=O) groups excluding carboxylic acids is 1. The van der Waals surface area contributed by atoms with Crippen LogP contribution in [0.1, 0.15) is 38.1 Å². The third kappa shape index (κ3) is 5.52. The van der Waals surface area contributed by atoms with Crippen LogP contribution < -0.4 is 11.1 Å². The summed E-state index contributed by atoms with van der Waals surface area (Å²) in [6.07, 6.45) is 0.725. The molecule has 3 N–H and O–H groups in total. The molecule has 2 atom stereocenters. The average Bonchev–Trinajstić information content (AvgIpc) is 2.68. The van der Waals surface area contributed by atoms with Crippen molar-refractivity contribution in [1.29, 1.82) is 0 Å². The van der Waals surface area contributed by atoms with Crippen molar-refractivity contribution in [3.8, 4) is 0 Å². The first-order valence-electron chi connectivity index (χ1n) is 5.60. The second-order valence-electron chi connectivity index (χ2n) is 4.48. The fourth-order valence-electron chi connectivity index (χ4n) is 1.54. The average molecular weight is 277 g/mol. The first-order chi connectivity index (χ1) is 7.50. The maximum atomic E-state index is 11.8. The number of thiophene rings is 1. The smallest absolute Gasteiger partial charge is 0.237 e. The van der Waals surface area contributed by atoms with E-state index in [4.69, 9.17) is 5.73 Å². The van der Waals surface area contributed by atoms with Crippen LogP contribution in [0.3, 0.4) is 0 Å². The van der Waals surface area contributed by atoms with Crippen LogP contribution in [0.2, 0.25) is 0 Å². The van der Waals surface area contributed by atoms with Gasteiger partial charge in [-0.3, -0.25) is 4.79 Å². The molecule has 0 bridgehead atoms. The molecule has 1 heterocycles. The Kier molecular flexibility index (Phi) is 7.43. The molecule has 0 aliphatic rings. The zero-order chi connectivity index (χ0) is 12.1. The Morgan fingerprint density at radius 1 is 1.47 bits per heavy atom. The van der Waals surface area contributed by atoms with E-state index in [-0.39, 0.29) is 24.4 Å². The van der Waals surface area contributed by atoms with Crippen molar-refractivity contribution < 1.29 is 4.79 Å². The Bertz CT molecular complexity index is 327. The summed E-state index contributed by atoms with van der Waals surface area (Å²) in [6, 6.07) is 3.65. The third-order valence-electron chi connectivity index (χ3n) is 2.39. The number of amides is 1. The highest BCUT2D eigenvalue weighted by molar-refractivity contribution is 7.10. The molecule has 1 rings (SSSR count). The Balaban J connectivity index is 0.00000256. The zero-order valence-corrected chi connectivity index (χ0v) is 12.1. The van der Waals surface area contributed by atoms with E-state index in [0.29, 0.717) is 5.92 Å². The van der Waals surface area contributed by atoms with Gasteiger partial charge in [-0.15, -0.1) is 23.7 Å². The van der Waals surface area contributed by atoms with Crippen molar-refractivity contribution in [2.75, 3.05) is 0 Å². The van der Waals surface area contributed by atoms with Crippen LogP contribution in [0.25, 0.3) is 0 Å². The molecule has 0 aliphatic carbocycles. The van der Waals surface area contributed by atoms with Crippen LogP contribution in [-0.4, -0.2) is 11.9 Å². The van der Waals surface area contributed by atoms with Gasteiger partial charge in [0, 0.05) is 4.88 Å². The highest BCUT2D eigenvalue weighted by Gasteiger charge is 2.17. The van der Waals surface area contributed by atoms with E-state index in [2.05, 4.69) is 19.2 Å². The summed E-state index contributed by atoms with van der Waals surface area (Å²) in [7, 11) is 0. The van der Waals surface area contributed by atoms with Gasteiger partial charge in [0.15, 0.2) is 0 Å². The molecule has 0 spiro atoms. The number of carbonyl (C=O) groups is 1. The Morgan fingerprint density at radius 3 is 2.59 bits per heavy atom. The summed E-state index contributed by atoms with van der Waals surface area (Å²) in [5.41, 5.74) is 5.81.